The average Bonchev–Trinajstić information content (AvgIpc) is 1.94. The van der Waals surface area contributed by atoms with Gasteiger partial charge < -0.3 is 5.11 Å². The lowest BCUT2D eigenvalue weighted by atomic mass is 10.2. The van der Waals surface area contributed by atoms with Crippen LogP contribution in [0.3, 0.4) is 0 Å². The highest BCUT2D eigenvalue weighted by molar-refractivity contribution is 6.76. The summed E-state index contributed by atoms with van der Waals surface area (Å²) in [5, 5.41) is 8.51. The summed E-state index contributed by atoms with van der Waals surface area (Å²) in [7, 11) is -0.949. The largest absolute Gasteiger partial charge is 0.396 e. The Balaban J connectivity index is 3.35. The maximum atomic E-state index is 8.51. The maximum absolute atomic E-state index is 8.51. The summed E-state index contributed by atoms with van der Waals surface area (Å²) < 4.78 is 0. The zero-order valence-electron chi connectivity index (χ0n) is 8.48. The Morgan fingerprint density at radius 3 is 2.25 bits per heavy atom. The third-order valence-electron chi connectivity index (χ3n) is 1.45. The molecular weight excluding hydrogens is 164 g/mol. The van der Waals surface area contributed by atoms with Crippen molar-refractivity contribution in [1.82, 2.24) is 0 Å². The van der Waals surface area contributed by atoms with Crippen LogP contribution in [0.4, 0.5) is 0 Å². The first-order valence-electron chi connectivity index (χ1n) is 4.63. The Morgan fingerprint density at radius 2 is 1.75 bits per heavy atom. The van der Waals surface area contributed by atoms with Gasteiger partial charge in [-0.3, -0.25) is 0 Å². The number of rotatable bonds is 4. The Morgan fingerprint density at radius 1 is 1.08 bits per heavy atom. The Labute approximate surface area is 77.2 Å². The van der Waals surface area contributed by atoms with Crippen molar-refractivity contribution in [2.75, 3.05) is 6.61 Å². The number of hydrogen-bond acceptors (Lipinski definition) is 1. The molecule has 1 N–H and O–H groups in total. The smallest absolute Gasteiger partial charge is 0.0573 e. The van der Waals surface area contributed by atoms with Crippen molar-refractivity contribution < 1.29 is 5.11 Å². The van der Waals surface area contributed by atoms with E-state index in [0.717, 1.165) is 25.3 Å². The second kappa shape index (κ2) is 6.27. The van der Waals surface area contributed by atoms with Crippen molar-refractivity contribution in [2.24, 2.45) is 0 Å². The van der Waals surface area contributed by atoms with Crippen molar-refractivity contribution in [3.8, 4) is 11.8 Å². The maximum Gasteiger partial charge on any atom is 0.0573 e. The quantitative estimate of drug-likeness (QED) is 0.404. The lowest BCUT2D eigenvalue weighted by molar-refractivity contribution is 0.285. The SMILES string of the molecule is C[Si](C)(C)CC#CCCCCO. The molecule has 0 aliphatic heterocycles. The van der Waals surface area contributed by atoms with E-state index in [1.165, 1.54) is 0 Å². The highest BCUT2D eigenvalue weighted by Gasteiger charge is 2.09. The third-order valence-corrected chi connectivity index (χ3v) is 2.69. The predicted octanol–water partition coefficient (Wildman–Crippen LogP) is 2.49. The van der Waals surface area contributed by atoms with Crippen LogP contribution in [0, 0.1) is 11.8 Å². The van der Waals surface area contributed by atoms with E-state index in [1.54, 1.807) is 0 Å². The topological polar surface area (TPSA) is 20.2 Å². The van der Waals surface area contributed by atoms with Crippen LogP contribution in [-0.4, -0.2) is 19.8 Å². The van der Waals surface area contributed by atoms with Crippen molar-refractivity contribution in [1.29, 1.82) is 0 Å². The van der Waals surface area contributed by atoms with E-state index in [0.29, 0.717) is 6.61 Å². The summed E-state index contributed by atoms with van der Waals surface area (Å²) in [6.45, 7) is 7.29. The minimum atomic E-state index is -0.949. The second-order valence-electron chi connectivity index (χ2n) is 4.27. The van der Waals surface area contributed by atoms with Crippen molar-refractivity contribution in [2.45, 2.75) is 44.9 Å². The van der Waals surface area contributed by atoms with Gasteiger partial charge in [-0.2, -0.15) is 0 Å². The fourth-order valence-corrected chi connectivity index (χ4v) is 1.40. The zero-order chi connectivity index (χ0) is 9.45. The van der Waals surface area contributed by atoms with E-state index < -0.39 is 8.07 Å². The zero-order valence-corrected chi connectivity index (χ0v) is 9.48. The van der Waals surface area contributed by atoms with E-state index in [1.807, 2.05) is 0 Å². The minimum Gasteiger partial charge on any atom is -0.396 e. The van der Waals surface area contributed by atoms with E-state index in [4.69, 9.17) is 5.11 Å². The van der Waals surface area contributed by atoms with Crippen LogP contribution in [0.25, 0.3) is 0 Å². The van der Waals surface area contributed by atoms with Crippen LogP contribution >= 0.6 is 0 Å². The average molecular weight is 184 g/mol. The Bertz CT molecular complexity index is 159. The van der Waals surface area contributed by atoms with Gasteiger partial charge in [-0.25, -0.2) is 0 Å². The molecule has 0 bridgehead atoms. The normalized spacial score (nSPS) is 10.7. The van der Waals surface area contributed by atoms with Crippen molar-refractivity contribution >= 4 is 8.07 Å². The van der Waals surface area contributed by atoms with Crippen LogP contribution in [-0.2, 0) is 0 Å². The molecule has 0 spiro atoms. The number of aliphatic hydroxyl groups is 1. The summed E-state index contributed by atoms with van der Waals surface area (Å²) in [6.07, 6.45) is 2.88. The predicted molar refractivity (Wildman–Crippen MR) is 56.9 cm³/mol. The first-order chi connectivity index (χ1) is 5.56. The highest BCUT2D eigenvalue weighted by atomic mass is 28.3. The molecule has 0 aromatic carbocycles. The van der Waals surface area contributed by atoms with E-state index >= 15 is 0 Å². The molecule has 0 unspecified atom stereocenters. The van der Waals surface area contributed by atoms with Gasteiger partial charge in [-0.15, -0.1) is 11.8 Å². The van der Waals surface area contributed by atoms with Gasteiger partial charge in [0.25, 0.3) is 0 Å². The summed E-state index contributed by atoms with van der Waals surface area (Å²) in [5.74, 6) is 6.36. The van der Waals surface area contributed by atoms with Crippen LogP contribution in [0.1, 0.15) is 19.3 Å². The molecule has 0 rings (SSSR count). The van der Waals surface area contributed by atoms with E-state index in [9.17, 15) is 0 Å². The molecule has 0 heterocycles. The molecule has 0 atom stereocenters. The van der Waals surface area contributed by atoms with Crippen molar-refractivity contribution in [3.05, 3.63) is 0 Å². The third kappa shape index (κ3) is 9.74. The number of unbranched alkanes of at least 4 members (excludes halogenated alkanes) is 2. The Hall–Kier alpha value is -0.263. The number of hydrogen-bond donors (Lipinski definition) is 1. The molecule has 0 aromatic heterocycles. The lowest BCUT2D eigenvalue weighted by Gasteiger charge is -2.09. The molecule has 0 aliphatic rings. The molecule has 70 valence electrons. The molecule has 0 amide bonds. The molecule has 0 saturated carbocycles. The molecule has 0 saturated heterocycles. The monoisotopic (exact) mass is 184 g/mol. The molecule has 2 heteroatoms. The standard InChI is InChI=1S/C10H20OSi/c1-12(2,3)10-8-6-4-5-7-9-11/h11H,4-5,7,9-10H2,1-3H3. The van der Waals surface area contributed by atoms with Crippen LogP contribution in [0.5, 0.6) is 0 Å². The molecule has 0 aromatic rings. The fraction of sp³-hybridized carbons (Fsp3) is 0.800. The summed E-state index contributed by atoms with van der Waals surface area (Å²) in [6, 6.07) is 1.10. The van der Waals surface area contributed by atoms with Crippen LogP contribution in [0.15, 0.2) is 0 Å². The first kappa shape index (κ1) is 11.7. The van der Waals surface area contributed by atoms with Crippen molar-refractivity contribution in [3.63, 3.8) is 0 Å². The summed E-state index contributed by atoms with van der Waals surface area (Å²) in [5.41, 5.74) is 0. The van der Waals surface area contributed by atoms with E-state index in [2.05, 4.69) is 31.5 Å². The van der Waals surface area contributed by atoms with Gasteiger partial charge in [0.05, 0.1) is 8.07 Å². The first-order valence-corrected chi connectivity index (χ1v) is 8.33. The Kier molecular flexibility index (Phi) is 6.14. The van der Waals surface area contributed by atoms with Gasteiger partial charge in [0.15, 0.2) is 0 Å². The van der Waals surface area contributed by atoms with Gasteiger partial charge >= 0.3 is 0 Å². The van der Waals surface area contributed by atoms with Crippen LogP contribution < -0.4 is 0 Å². The molecule has 0 aliphatic carbocycles. The van der Waals surface area contributed by atoms with Gasteiger partial charge in [-0.05, 0) is 12.8 Å². The van der Waals surface area contributed by atoms with Gasteiger partial charge in [0.2, 0.25) is 0 Å². The molecular formula is C10H20OSi. The summed E-state index contributed by atoms with van der Waals surface area (Å²) >= 11 is 0. The molecule has 0 radical (unpaired) electrons. The minimum absolute atomic E-state index is 0.301. The fourth-order valence-electron chi connectivity index (χ4n) is 0.741. The molecule has 12 heavy (non-hydrogen) atoms. The van der Waals surface area contributed by atoms with Gasteiger partial charge in [0, 0.05) is 19.1 Å². The highest BCUT2D eigenvalue weighted by Crippen LogP contribution is 2.05. The summed E-state index contributed by atoms with van der Waals surface area (Å²) in [4.78, 5) is 0. The van der Waals surface area contributed by atoms with Gasteiger partial charge in [-0.1, -0.05) is 19.6 Å². The van der Waals surface area contributed by atoms with Crippen LogP contribution in [0.2, 0.25) is 25.7 Å². The second-order valence-corrected chi connectivity index (χ2v) is 9.75. The molecule has 0 fully saturated rings. The lowest BCUT2D eigenvalue weighted by Crippen LogP contribution is -2.17. The van der Waals surface area contributed by atoms with Gasteiger partial charge in [0.1, 0.15) is 0 Å². The molecule has 1 nitrogen and oxygen atoms in total. The number of aliphatic hydroxyl groups excluding tert-OH is 1. The van der Waals surface area contributed by atoms with E-state index in [-0.39, 0.29) is 0 Å².